The lowest BCUT2D eigenvalue weighted by atomic mass is 10.1. The van der Waals surface area contributed by atoms with Gasteiger partial charge in [0, 0.05) is 6.54 Å². The van der Waals surface area contributed by atoms with Crippen LogP contribution in [0.1, 0.15) is 25.3 Å². The summed E-state index contributed by atoms with van der Waals surface area (Å²) < 4.78 is 0. The molecule has 0 heterocycles. The summed E-state index contributed by atoms with van der Waals surface area (Å²) in [5.41, 5.74) is 11.5. The van der Waals surface area contributed by atoms with E-state index in [9.17, 15) is 14.4 Å². The third kappa shape index (κ3) is 8.76. The van der Waals surface area contributed by atoms with E-state index in [-0.39, 0.29) is 18.9 Å². The first-order chi connectivity index (χ1) is 13.2. The third-order valence-corrected chi connectivity index (χ3v) is 4.30. The van der Waals surface area contributed by atoms with Crippen molar-refractivity contribution in [3.63, 3.8) is 0 Å². The standard InChI is InChI=1S/C18H27N5O4S/c1-11(17(26)27)22-15(24)13(8-5-9-21-18(19)20)23-16(25)14(28)10-12-6-3-2-4-7-12/h2-4,6-7,11,13-14,28H,5,8-10H2,1H3,(H,22,24)(H,23,25)(H,26,27)(H4,19,20,21)/t11-,13-,14-/m0/s1. The molecule has 0 radical (unpaired) electrons. The molecule has 10 heteroatoms. The highest BCUT2D eigenvalue weighted by atomic mass is 32.1. The van der Waals surface area contributed by atoms with Crippen molar-refractivity contribution < 1.29 is 19.5 Å². The number of nitrogens with two attached hydrogens (primary N) is 2. The van der Waals surface area contributed by atoms with E-state index in [1.807, 2.05) is 30.3 Å². The van der Waals surface area contributed by atoms with Crippen LogP contribution in [0.15, 0.2) is 35.3 Å². The molecule has 154 valence electrons. The second kappa shape index (κ2) is 11.9. The fourth-order valence-electron chi connectivity index (χ4n) is 2.35. The Balaban J connectivity index is 2.72. The summed E-state index contributed by atoms with van der Waals surface area (Å²) in [5, 5.41) is 13.3. The lowest BCUT2D eigenvalue weighted by Gasteiger charge is -2.21. The molecular weight excluding hydrogens is 382 g/mol. The molecule has 7 N–H and O–H groups in total. The van der Waals surface area contributed by atoms with Gasteiger partial charge in [-0.25, -0.2) is 0 Å². The van der Waals surface area contributed by atoms with Crippen LogP contribution in [0.25, 0.3) is 0 Å². The van der Waals surface area contributed by atoms with Crippen LogP contribution in [-0.4, -0.2) is 52.7 Å². The predicted octanol–water partition coefficient (Wildman–Crippen LogP) is -0.345. The lowest BCUT2D eigenvalue weighted by Crippen LogP contribution is -2.52. The maximum Gasteiger partial charge on any atom is 0.325 e. The van der Waals surface area contributed by atoms with Crippen LogP contribution in [0.2, 0.25) is 0 Å². The van der Waals surface area contributed by atoms with Crippen molar-refractivity contribution >= 4 is 36.4 Å². The highest BCUT2D eigenvalue weighted by molar-refractivity contribution is 7.81. The maximum absolute atomic E-state index is 12.5. The second-order valence-electron chi connectivity index (χ2n) is 6.28. The van der Waals surface area contributed by atoms with E-state index < -0.39 is 35.1 Å². The van der Waals surface area contributed by atoms with Crippen LogP contribution >= 0.6 is 12.6 Å². The molecule has 0 saturated heterocycles. The van der Waals surface area contributed by atoms with Gasteiger partial charge in [0.1, 0.15) is 12.1 Å². The summed E-state index contributed by atoms with van der Waals surface area (Å²) in [6.45, 7) is 1.63. The van der Waals surface area contributed by atoms with Gasteiger partial charge in [0.25, 0.3) is 0 Å². The smallest absolute Gasteiger partial charge is 0.325 e. The molecule has 9 nitrogen and oxygen atoms in total. The lowest BCUT2D eigenvalue weighted by molar-refractivity contribution is -0.141. The number of aliphatic imine (C=N–C) groups is 1. The topological polar surface area (TPSA) is 160 Å². The molecule has 0 aromatic heterocycles. The molecule has 0 fully saturated rings. The Morgan fingerprint density at radius 2 is 1.79 bits per heavy atom. The Morgan fingerprint density at radius 3 is 2.36 bits per heavy atom. The molecule has 0 spiro atoms. The SMILES string of the molecule is C[C@H](NC(=O)[C@H](CCCN=C(N)N)NC(=O)[C@@H](S)Cc1ccccc1)C(=O)O. The number of carbonyl (C=O) groups is 3. The normalized spacial score (nSPS) is 13.6. The highest BCUT2D eigenvalue weighted by Crippen LogP contribution is 2.09. The maximum atomic E-state index is 12.5. The Morgan fingerprint density at radius 1 is 1.14 bits per heavy atom. The van der Waals surface area contributed by atoms with Gasteiger partial charge >= 0.3 is 5.97 Å². The van der Waals surface area contributed by atoms with E-state index in [4.69, 9.17) is 16.6 Å². The number of carboxylic acid groups (broad SMARTS) is 1. The molecule has 28 heavy (non-hydrogen) atoms. The van der Waals surface area contributed by atoms with Gasteiger partial charge in [0.05, 0.1) is 5.25 Å². The van der Waals surface area contributed by atoms with Gasteiger partial charge in [0.15, 0.2) is 5.96 Å². The van der Waals surface area contributed by atoms with Crippen LogP contribution in [-0.2, 0) is 20.8 Å². The van der Waals surface area contributed by atoms with Crippen molar-refractivity contribution in [1.29, 1.82) is 0 Å². The zero-order valence-corrected chi connectivity index (χ0v) is 16.6. The number of amides is 2. The van der Waals surface area contributed by atoms with Crippen LogP contribution < -0.4 is 22.1 Å². The molecular formula is C18H27N5O4S. The molecule has 3 atom stereocenters. The highest BCUT2D eigenvalue weighted by Gasteiger charge is 2.26. The van der Waals surface area contributed by atoms with Crippen molar-refractivity contribution in [2.75, 3.05) is 6.54 Å². The molecule has 0 aliphatic heterocycles. The predicted molar refractivity (Wildman–Crippen MR) is 110 cm³/mol. The molecule has 0 aliphatic rings. The molecule has 0 saturated carbocycles. The summed E-state index contributed by atoms with van der Waals surface area (Å²) in [7, 11) is 0. The van der Waals surface area contributed by atoms with Crippen molar-refractivity contribution in [3.05, 3.63) is 35.9 Å². The number of thiol groups is 1. The number of nitrogens with zero attached hydrogens (tertiary/aromatic N) is 1. The zero-order valence-electron chi connectivity index (χ0n) is 15.7. The van der Waals surface area contributed by atoms with Crippen LogP contribution in [0.5, 0.6) is 0 Å². The minimum Gasteiger partial charge on any atom is -0.480 e. The average Bonchev–Trinajstić information content (AvgIpc) is 2.64. The van der Waals surface area contributed by atoms with Gasteiger partial charge in [-0.15, -0.1) is 0 Å². The number of carboxylic acids is 1. The molecule has 0 unspecified atom stereocenters. The number of hydrogen-bond donors (Lipinski definition) is 6. The molecule has 0 bridgehead atoms. The van der Waals surface area contributed by atoms with Gasteiger partial charge in [-0.3, -0.25) is 19.4 Å². The summed E-state index contributed by atoms with van der Waals surface area (Å²) in [6.07, 6.45) is 1.06. The van der Waals surface area contributed by atoms with Crippen molar-refractivity contribution in [2.45, 2.75) is 43.5 Å². The number of carbonyl (C=O) groups excluding carboxylic acids is 2. The van der Waals surface area contributed by atoms with Crippen LogP contribution in [0, 0.1) is 0 Å². The summed E-state index contributed by atoms with van der Waals surface area (Å²) in [6, 6.07) is 7.35. The number of rotatable bonds is 11. The monoisotopic (exact) mass is 409 g/mol. The van der Waals surface area contributed by atoms with Gasteiger partial charge in [-0.05, 0) is 31.7 Å². The largest absolute Gasteiger partial charge is 0.480 e. The molecule has 0 aliphatic carbocycles. The summed E-state index contributed by atoms with van der Waals surface area (Å²) in [4.78, 5) is 39.7. The number of nitrogens with one attached hydrogen (secondary N) is 2. The Hall–Kier alpha value is -2.75. The third-order valence-electron chi connectivity index (χ3n) is 3.88. The second-order valence-corrected chi connectivity index (χ2v) is 6.91. The quantitative estimate of drug-likeness (QED) is 0.127. The number of guanidine groups is 1. The van der Waals surface area contributed by atoms with Gasteiger partial charge in [0.2, 0.25) is 11.8 Å². The Bertz CT molecular complexity index is 694. The van der Waals surface area contributed by atoms with E-state index in [0.717, 1.165) is 5.56 Å². The molecule has 1 rings (SSSR count). The molecule has 1 aromatic rings. The van der Waals surface area contributed by atoms with E-state index in [2.05, 4.69) is 28.3 Å². The first-order valence-corrected chi connectivity index (χ1v) is 9.33. The fraction of sp³-hybridized carbons (Fsp3) is 0.444. The van der Waals surface area contributed by atoms with E-state index in [1.165, 1.54) is 6.92 Å². The number of benzene rings is 1. The van der Waals surface area contributed by atoms with Crippen molar-refractivity contribution in [1.82, 2.24) is 10.6 Å². The van der Waals surface area contributed by atoms with Crippen LogP contribution in [0.4, 0.5) is 0 Å². The van der Waals surface area contributed by atoms with Gasteiger partial charge < -0.3 is 27.2 Å². The minimum absolute atomic E-state index is 0.0668. The number of hydrogen-bond acceptors (Lipinski definition) is 5. The molecule has 1 aromatic carbocycles. The molecule has 2 amide bonds. The van der Waals surface area contributed by atoms with Gasteiger partial charge in [-0.2, -0.15) is 12.6 Å². The Kier molecular flexibility index (Phi) is 9.86. The minimum atomic E-state index is -1.17. The van der Waals surface area contributed by atoms with E-state index >= 15 is 0 Å². The first-order valence-electron chi connectivity index (χ1n) is 8.81. The first kappa shape index (κ1) is 23.3. The van der Waals surface area contributed by atoms with Gasteiger partial charge in [-0.1, -0.05) is 30.3 Å². The van der Waals surface area contributed by atoms with E-state index in [0.29, 0.717) is 12.8 Å². The van der Waals surface area contributed by atoms with E-state index in [1.54, 1.807) is 0 Å². The fourth-order valence-corrected chi connectivity index (χ4v) is 2.63. The van der Waals surface area contributed by atoms with Crippen molar-refractivity contribution in [3.8, 4) is 0 Å². The average molecular weight is 410 g/mol. The number of aliphatic carboxylic acids is 1. The summed E-state index contributed by atoms with van der Waals surface area (Å²) in [5.74, 6) is -2.25. The van der Waals surface area contributed by atoms with Crippen LogP contribution in [0.3, 0.4) is 0 Å². The summed E-state index contributed by atoms with van der Waals surface area (Å²) >= 11 is 4.33. The zero-order chi connectivity index (χ0) is 21.1. The van der Waals surface area contributed by atoms with Crippen molar-refractivity contribution in [2.24, 2.45) is 16.5 Å². The Labute approximate surface area is 169 Å².